The van der Waals surface area contributed by atoms with Crippen LogP contribution in [0.5, 0.6) is 5.75 Å². The lowest BCUT2D eigenvalue weighted by Gasteiger charge is -2.04. The lowest BCUT2D eigenvalue weighted by atomic mass is 10.2. The van der Waals surface area contributed by atoms with E-state index in [4.69, 9.17) is 20.9 Å². The minimum Gasteiger partial charge on any atom is -0.496 e. The van der Waals surface area contributed by atoms with Gasteiger partial charge in [-0.05, 0) is 18.2 Å². The summed E-state index contributed by atoms with van der Waals surface area (Å²) >= 11 is 5.98. The molecule has 116 valence electrons. The Morgan fingerprint density at radius 2 is 2.09 bits per heavy atom. The Kier molecular flexibility index (Phi) is 3.94. The molecule has 0 saturated heterocycles. The van der Waals surface area contributed by atoms with Gasteiger partial charge in [0.2, 0.25) is 5.82 Å². The zero-order chi connectivity index (χ0) is 16.4. The Balaban J connectivity index is 2.03. The standard InChI is InChI=1S/C15H10ClN3O4/c1-22-13-6-5-10(16)8-12(13)15-17-14(18-23-15)9-3-2-4-11(7-9)19(20)21/h2-8H,1H3. The van der Waals surface area contributed by atoms with Crippen molar-refractivity contribution in [2.24, 2.45) is 0 Å². The summed E-state index contributed by atoms with van der Waals surface area (Å²) in [4.78, 5) is 14.6. The molecule has 23 heavy (non-hydrogen) atoms. The second kappa shape index (κ2) is 6.05. The van der Waals surface area contributed by atoms with E-state index in [2.05, 4.69) is 10.1 Å². The molecular weight excluding hydrogens is 322 g/mol. The van der Waals surface area contributed by atoms with Gasteiger partial charge < -0.3 is 9.26 Å². The van der Waals surface area contributed by atoms with Crippen LogP contribution in [-0.4, -0.2) is 22.2 Å². The number of hydrogen-bond donors (Lipinski definition) is 0. The summed E-state index contributed by atoms with van der Waals surface area (Å²) in [5.41, 5.74) is 0.980. The van der Waals surface area contributed by atoms with Gasteiger partial charge in [-0.3, -0.25) is 10.1 Å². The molecule has 7 nitrogen and oxygen atoms in total. The molecule has 1 heterocycles. The van der Waals surface area contributed by atoms with Crippen molar-refractivity contribution in [1.82, 2.24) is 10.1 Å². The highest BCUT2D eigenvalue weighted by Gasteiger charge is 2.16. The minimum absolute atomic E-state index is 0.0470. The van der Waals surface area contributed by atoms with Crippen LogP contribution in [0.25, 0.3) is 22.8 Å². The molecule has 0 aliphatic heterocycles. The van der Waals surface area contributed by atoms with Gasteiger partial charge in [-0.2, -0.15) is 4.98 Å². The van der Waals surface area contributed by atoms with Gasteiger partial charge in [0.15, 0.2) is 0 Å². The minimum atomic E-state index is -0.482. The highest BCUT2D eigenvalue weighted by atomic mass is 35.5. The van der Waals surface area contributed by atoms with Crippen molar-refractivity contribution in [2.45, 2.75) is 0 Å². The average molecular weight is 332 g/mol. The number of halogens is 1. The van der Waals surface area contributed by atoms with Gasteiger partial charge in [0, 0.05) is 22.7 Å². The van der Waals surface area contributed by atoms with E-state index in [0.29, 0.717) is 21.9 Å². The molecule has 2 aromatic carbocycles. The molecule has 3 aromatic rings. The average Bonchev–Trinajstić information content (AvgIpc) is 3.05. The smallest absolute Gasteiger partial charge is 0.270 e. The van der Waals surface area contributed by atoms with Crippen molar-refractivity contribution < 1.29 is 14.2 Å². The third-order valence-electron chi connectivity index (χ3n) is 3.13. The zero-order valence-electron chi connectivity index (χ0n) is 11.9. The number of aromatic nitrogens is 2. The Morgan fingerprint density at radius 3 is 2.83 bits per heavy atom. The van der Waals surface area contributed by atoms with Gasteiger partial charge in [-0.1, -0.05) is 28.9 Å². The second-order valence-electron chi connectivity index (χ2n) is 4.58. The van der Waals surface area contributed by atoms with Gasteiger partial charge >= 0.3 is 0 Å². The highest BCUT2D eigenvalue weighted by Crippen LogP contribution is 2.32. The maximum Gasteiger partial charge on any atom is 0.270 e. The maximum absolute atomic E-state index is 10.8. The summed E-state index contributed by atoms with van der Waals surface area (Å²) in [6.07, 6.45) is 0. The maximum atomic E-state index is 10.8. The molecule has 0 radical (unpaired) electrons. The fourth-order valence-electron chi connectivity index (χ4n) is 2.06. The van der Waals surface area contributed by atoms with E-state index in [1.54, 1.807) is 30.3 Å². The molecule has 3 rings (SSSR count). The topological polar surface area (TPSA) is 91.3 Å². The van der Waals surface area contributed by atoms with Gasteiger partial charge in [-0.25, -0.2) is 0 Å². The third kappa shape index (κ3) is 3.00. The van der Waals surface area contributed by atoms with Crippen molar-refractivity contribution in [3.05, 3.63) is 57.6 Å². The van der Waals surface area contributed by atoms with Crippen LogP contribution in [0.4, 0.5) is 5.69 Å². The fraction of sp³-hybridized carbons (Fsp3) is 0.0667. The van der Waals surface area contributed by atoms with Crippen LogP contribution in [0.2, 0.25) is 5.02 Å². The van der Waals surface area contributed by atoms with E-state index in [1.807, 2.05) is 0 Å². The quantitative estimate of drug-likeness (QED) is 0.530. The van der Waals surface area contributed by atoms with Crippen molar-refractivity contribution in [2.75, 3.05) is 7.11 Å². The van der Waals surface area contributed by atoms with Crippen LogP contribution in [0, 0.1) is 10.1 Å². The molecular formula is C15H10ClN3O4. The summed E-state index contributed by atoms with van der Waals surface area (Å²) < 4.78 is 10.5. The molecule has 8 heteroatoms. The monoisotopic (exact) mass is 331 g/mol. The van der Waals surface area contributed by atoms with Gasteiger partial charge in [-0.15, -0.1) is 0 Å². The fourth-order valence-corrected chi connectivity index (χ4v) is 2.23. The summed E-state index contributed by atoms with van der Waals surface area (Å²) in [7, 11) is 1.52. The Bertz CT molecular complexity index is 879. The number of nitro groups is 1. The van der Waals surface area contributed by atoms with Crippen LogP contribution < -0.4 is 4.74 Å². The predicted octanol–water partition coefficient (Wildman–Crippen LogP) is 3.97. The molecule has 0 aliphatic rings. The van der Waals surface area contributed by atoms with Crippen molar-refractivity contribution in [1.29, 1.82) is 0 Å². The summed E-state index contributed by atoms with van der Waals surface area (Å²) in [5.74, 6) is 0.986. The predicted molar refractivity (Wildman–Crippen MR) is 83.4 cm³/mol. The summed E-state index contributed by atoms with van der Waals surface area (Å²) in [6.45, 7) is 0. The van der Waals surface area contributed by atoms with Crippen molar-refractivity contribution in [3.8, 4) is 28.6 Å². The number of hydrogen-bond acceptors (Lipinski definition) is 6. The normalized spacial score (nSPS) is 10.5. The largest absolute Gasteiger partial charge is 0.496 e. The summed E-state index contributed by atoms with van der Waals surface area (Å²) in [5, 5.41) is 15.2. The lowest BCUT2D eigenvalue weighted by Crippen LogP contribution is -1.89. The van der Waals surface area contributed by atoms with Crippen LogP contribution >= 0.6 is 11.6 Å². The van der Waals surface area contributed by atoms with Crippen LogP contribution in [0.15, 0.2) is 47.0 Å². The van der Waals surface area contributed by atoms with Crippen LogP contribution in [0.3, 0.4) is 0 Å². The molecule has 0 N–H and O–H groups in total. The number of nitro benzene ring substituents is 1. The van der Waals surface area contributed by atoms with E-state index >= 15 is 0 Å². The van der Waals surface area contributed by atoms with E-state index in [9.17, 15) is 10.1 Å². The number of methoxy groups -OCH3 is 1. The summed E-state index contributed by atoms with van der Waals surface area (Å²) in [6, 6.07) is 11.0. The molecule has 0 saturated carbocycles. The molecule has 0 fully saturated rings. The van der Waals surface area contributed by atoms with E-state index in [-0.39, 0.29) is 17.4 Å². The second-order valence-corrected chi connectivity index (χ2v) is 5.01. The third-order valence-corrected chi connectivity index (χ3v) is 3.37. The van der Waals surface area contributed by atoms with Gasteiger partial charge in [0.05, 0.1) is 17.6 Å². The van der Waals surface area contributed by atoms with Gasteiger partial charge in [0.1, 0.15) is 5.75 Å². The number of nitrogens with zero attached hydrogens (tertiary/aromatic N) is 3. The van der Waals surface area contributed by atoms with Crippen molar-refractivity contribution in [3.63, 3.8) is 0 Å². The molecule has 0 atom stereocenters. The molecule has 0 aliphatic carbocycles. The Morgan fingerprint density at radius 1 is 1.26 bits per heavy atom. The molecule has 0 spiro atoms. The zero-order valence-corrected chi connectivity index (χ0v) is 12.6. The van der Waals surface area contributed by atoms with Gasteiger partial charge in [0.25, 0.3) is 11.6 Å². The SMILES string of the molecule is COc1ccc(Cl)cc1-c1nc(-c2cccc([N+](=O)[O-])c2)no1. The number of non-ortho nitro benzene ring substituents is 1. The molecule has 0 amide bonds. The number of benzene rings is 2. The van der Waals surface area contributed by atoms with E-state index in [0.717, 1.165) is 0 Å². The highest BCUT2D eigenvalue weighted by molar-refractivity contribution is 6.30. The first-order chi connectivity index (χ1) is 11.1. The first-order valence-electron chi connectivity index (χ1n) is 6.51. The van der Waals surface area contributed by atoms with Crippen LogP contribution in [-0.2, 0) is 0 Å². The lowest BCUT2D eigenvalue weighted by molar-refractivity contribution is -0.384. The molecule has 0 bridgehead atoms. The van der Waals surface area contributed by atoms with E-state index in [1.165, 1.54) is 19.2 Å². The van der Waals surface area contributed by atoms with Crippen LogP contribution in [0.1, 0.15) is 0 Å². The Hall–Kier alpha value is -2.93. The first-order valence-corrected chi connectivity index (χ1v) is 6.88. The first kappa shape index (κ1) is 15.0. The molecule has 1 aromatic heterocycles. The number of rotatable bonds is 4. The van der Waals surface area contributed by atoms with Crippen molar-refractivity contribution >= 4 is 17.3 Å². The van der Waals surface area contributed by atoms with E-state index < -0.39 is 4.92 Å². The molecule has 0 unspecified atom stereocenters. The Labute approximate surface area is 135 Å². The number of ether oxygens (including phenoxy) is 1.